The predicted molar refractivity (Wildman–Crippen MR) is 144 cm³/mol. The van der Waals surface area contributed by atoms with Gasteiger partial charge < -0.3 is 4.90 Å². The summed E-state index contributed by atoms with van der Waals surface area (Å²) >= 11 is 2.92. The van der Waals surface area contributed by atoms with Gasteiger partial charge in [0.2, 0.25) is 15.0 Å². The van der Waals surface area contributed by atoms with Crippen molar-refractivity contribution in [1.29, 1.82) is 5.26 Å². The zero-order valence-corrected chi connectivity index (χ0v) is 23.0. The zero-order chi connectivity index (χ0) is 25.6. The quantitative estimate of drug-likeness (QED) is 0.352. The van der Waals surface area contributed by atoms with Crippen LogP contribution in [0.25, 0.3) is 16.2 Å². The Hall–Kier alpha value is -2.85. The summed E-state index contributed by atoms with van der Waals surface area (Å²) in [7, 11) is -1.23. The third-order valence-corrected chi connectivity index (χ3v) is 9.93. The van der Waals surface area contributed by atoms with Crippen molar-refractivity contribution in [1.82, 2.24) is 23.9 Å². The monoisotopic (exact) mass is 541 g/mol. The Labute approximate surface area is 218 Å². The molecular weight excluding hydrogens is 515 g/mol. The molecular formula is C24H27N7O2S3. The number of nitrogens with zero attached hydrogens (tertiary/aromatic N) is 7. The van der Waals surface area contributed by atoms with E-state index in [1.54, 1.807) is 11.3 Å². The average Bonchev–Trinajstić information content (AvgIpc) is 3.56. The molecule has 5 rings (SSSR count). The molecule has 36 heavy (non-hydrogen) atoms. The number of sulfonamides is 1. The largest absolute Gasteiger partial charge is 0.304 e. The molecule has 0 saturated carbocycles. The van der Waals surface area contributed by atoms with Gasteiger partial charge in [-0.15, -0.1) is 0 Å². The van der Waals surface area contributed by atoms with Gasteiger partial charge >= 0.3 is 0 Å². The maximum atomic E-state index is 11.9. The third-order valence-electron chi connectivity index (χ3n) is 6.52. The van der Waals surface area contributed by atoms with Gasteiger partial charge in [-0.1, -0.05) is 59.4 Å². The molecule has 1 saturated heterocycles. The number of benzene rings is 1. The Bertz CT molecular complexity index is 1550. The molecule has 188 valence electrons. The Kier molecular flexibility index (Phi) is 6.59. The molecule has 0 bridgehead atoms. The molecule has 0 amide bonds. The lowest BCUT2D eigenvalue weighted by Gasteiger charge is -2.28. The van der Waals surface area contributed by atoms with Crippen LogP contribution in [-0.4, -0.2) is 58.7 Å². The van der Waals surface area contributed by atoms with Gasteiger partial charge in [-0.05, 0) is 26.2 Å². The van der Waals surface area contributed by atoms with Gasteiger partial charge in [-0.3, -0.25) is 0 Å². The third kappa shape index (κ3) is 4.52. The second-order valence-corrected chi connectivity index (χ2v) is 13.0. The summed E-state index contributed by atoms with van der Waals surface area (Å²) < 4.78 is 27.2. The molecule has 4 heterocycles. The van der Waals surface area contributed by atoms with E-state index in [1.807, 2.05) is 47.7 Å². The number of aryl methyl sites for hydroxylation is 2. The minimum atomic E-state index is -3.17. The van der Waals surface area contributed by atoms with Crippen molar-refractivity contribution in [3.63, 3.8) is 0 Å². The van der Waals surface area contributed by atoms with E-state index in [1.165, 1.54) is 21.9 Å². The summed E-state index contributed by atoms with van der Waals surface area (Å²) in [6.45, 7) is 5.11. The van der Waals surface area contributed by atoms with Gasteiger partial charge in [0, 0.05) is 31.6 Å². The first kappa shape index (κ1) is 24.8. The number of nitriles is 1. The Morgan fingerprint density at radius 3 is 2.47 bits per heavy atom. The molecule has 1 aliphatic rings. The highest BCUT2D eigenvalue weighted by atomic mass is 32.2. The van der Waals surface area contributed by atoms with E-state index >= 15 is 0 Å². The van der Waals surface area contributed by atoms with Crippen molar-refractivity contribution in [2.45, 2.75) is 39.0 Å². The Morgan fingerprint density at radius 2 is 1.86 bits per heavy atom. The number of hydrogen-bond donors (Lipinski definition) is 0. The van der Waals surface area contributed by atoms with E-state index in [0.717, 1.165) is 51.9 Å². The van der Waals surface area contributed by atoms with Gasteiger partial charge in [0.25, 0.3) is 0 Å². The van der Waals surface area contributed by atoms with Crippen LogP contribution < -0.4 is 4.90 Å². The van der Waals surface area contributed by atoms with Crippen LogP contribution in [0.2, 0.25) is 0 Å². The number of fused-ring (bicyclic) bond motifs is 1. The second-order valence-electron chi connectivity index (χ2n) is 9.02. The highest BCUT2D eigenvalue weighted by molar-refractivity contribution is 7.88. The van der Waals surface area contributed by atoms with E-state index in [4.69, 9.17) is 15.1 Å². The average molecular weight is 542 g/mol. The summed E-state index contributed by atoms with van der Waals surface area (Å²) in [6, 6.07) is 10.3. The van der Waals surface area contributed by atoms with Crippen LogP contribution in [0.1, 0.15) is 46.8 Å². The molecule has 0 radical (unpaired) electrons. The first-order chi connectivity index (χ1) is 17.2. The van der Waals surface area contributed by atoms with Crippen molar-refractivity contribution >= 4 is 48.6 Å². The number of hydrogen-bond acceptors (Lipinski definition) is 9. The summed E-state index contributed by atoms with van der Waals surface area (Å²) in [4.78, 5) is 13.0. The molecule has 12 heteroatoms. The molecule has 0 aliphatic carbocycles. The number of imidazole rings is 1. The standard InChI is InChI=1S/C24H27N7O2S3/c1-5-18-22(29(3)23-27-20(19(14-25)34-23)16-8-6-15(2)7-9-16)31-24(26-18)35-21(28-31)17-10-12-30(13-11-17)36(4,32)33/h6-9,17H,5,10-13H2,1-4H3. The number of aromatic nitrogens is 4. The normalized spacial score (nSPS) is 15.4. The summed E-state index contributed by atoms with van der Waals surface area (Å²) in [5, 5.41) is 16.4. The van der Waals surface area contributed by atoms with E-state index in [9.17, 15) is 13.7 Å². The van der Waals surface area contributed by atoms with Gasteiger partial charge in [0.05, 0.1) is 11.9 Å². The topological polar surface area (TPSA) is 107 Å². The summed E-state index contributed by atoms with van der Waals surface area (Å²) in [5.41, 5.74) is 3.67. The summed E-state index contributed by atoms with van der Waals surface area (Å²) in [5.74, 6) is 1.05. The number of piperidine rings is 1. The number of rotatable bonds is 6. The van der Waals surface area contributed by atoms with E-state index < -0.39 is 10.0 Å². The smallest absolute Gasteiger partial charge is 0.214 e. The molecule has 0 spiro atoms. The van der Waals surface area contributed by atoms with Gasteiger partial charge in [0.1, 0.15) is 21.6 Å². The minimum Gasteiger partial charge on any atom is -0.304 e. The van der Waals surface area contributed by atoms with E-state index in [2.05, 4.69) is 13.0 Å². The lowest BCUT2D eigenvalue weighted by atomic mass is 9.99. The molecule has 0 unspecified atom stereocenters. The van der Waals surface area contributed by atoms with E-state index in [-0.39, 0.29) is 5.92 Å². The van der Waals surface area contributed by atoms with Crippen LogP contribution in [-0.2, 0) is 16.4 Å². The Balaban J connectivity index is 1.48. The van der Waals surface area contributed by atoms with Gasteiger partial charge in [-0.25, -0.2) is 22.7 Å². The van der Waals surface area contributed by atoms with Crippen LogP contribution >= 0.6 is 22.7 Å². The molecule has 1 aliphatic heterocycles. The highest BCUT2D eigenvalue weighted by Gasteiger charge is 2.30. The van der Waals surface area contributed by atoms with Gasteiger partial charge in [-0.2, -0.15) is 14.9 Å². The van der Waals surface area contributed by atoms with Crippen molar-refractivity contribution in [3.8, 4) is 17.3 Å². The zero-order valence-electron chi connectivity index (χ0n) is 20.6. The molecule has 0 N–H and O–H groups in total. The fourth-order valence-electron chi connectivity index (χ4n) is 4.49. The minimum absolute atomic E-state index is 0.205. The van der Waals surface area contributed by atoms with Crippen molar-refractivity contribution in [2.24, 2.45) is 0 Å². The van der Waals surface area contributed by atoms with Crippen LogP contribution in [0.5, 0.6) is 0 Å². The van der Waals surface area contributed by atoms with Crippen LogP contribution in [0.15, 0.2) is 24.3 Å². The molecule has 1 aromatic carbocycles. The molecule has 3 aromatic heterocycles. The first-order valence-electron chi connectivity index (χ1n) is 11.7. The predicted octanol–water partition coefficient (Wildman–Crippen LogP) is 4.56. The maximum Gasteiger partial charge on any atom is 0.214 e. The van der Waals surface area contributed by atoms with Crippen molar-refractivity contribution in [3.05, 3.63) is 45.4 Å². The molecule has 0 atom stereocenters. The Morgan fingerprint density at radius 1 is 1.17 bits per heavy atom. The number of anilines is 2. The second kappa shape index (κ2) is 9.55. The lowest BCUT2D eigenvalue weighted by molar-refractivity contribution is 0.320. The molecule has 4 aromatic rings. The molecule has 9 nitrogen and oxygen atoms in total. The van der Waals surface area contributed by atoms with Crippen LogP contribution in [0, 0.1) is 18.3 Å². The first-order valence-corrected chi connectivity index (χ1v) is 15.2. The highest BCUT2D eigenvalue weighted by Crippen LogP contribution is 2.39. The van der Waals surface area contributed by atoms with Crippen LogP contribution in [0.3, 0.4) is 0 Å². The fraction of sp³-hybridized carbons (Fsp3) is 0.417. The van der Waals surface area contributed by atoms with E-state index in [0.29, 0.717) is 28.8 Å². The van der Waals surface area contributed by atoms with Crippen molar-refractivity contribution in [2.75, 3.05) is 31.3 Å². The number of thiazole rings is 1. The van der Waals surface area contributed by atoms with Crippen molar-refractivity contribution < 1.29 is 8.42 Å². The lowest BCUT2D eigenvalue weighted by Crippen LogP contribution is -2.37. The fourth-order valence-corrected chi connectivity index (χ4v) is 7.30. The maximum absolute atomic E-state index is 11.9. The SMILES string of the molecule is CCc1nc2sc(C3CCN(S(C)(=O)=O)CC3)nn2c1N(C)c1nc(-c2ccc(C)cc2)c(C#N)s1. The van der Waals surface area contributed by atoms with Crippen LogP contribution in [0.4, 0.5) is 10.9 Å². The summed E-state index contributed by atoms with van der Waals surface area (Å²) in [6.07, 6.45) is 3.49. The molecule has 1 fully saturated rings. The van der Waals surface area contributed by atoms with Gasteiger partial charge in [0.15, 0.2) is 10.9 Å².